The van der Waals surface area contributed by atoms with Crippen LogP contribution in [0.25, 0.3) is 6.08 Å². The van der Waals surface area contributed by atoms with Crippen LogP contribution in [-0.4, -0.2) is 18.9 Å². The van der Waals surface area contributed by atoms with E-state index in [1.54, 1.807) is 44.4 Å². The number of allylic oxidation sites excluding steroid dienone is 1. The van der Waals surface area contributed by atoms with Crippen molar-refractivity contribution in [2.24, 2.45) is 0 Å². The van der Waals surface area contributed by atoms with Gasteiger partial charge in [-0.3, -0.25) is 9.59 Å². The second-order valence-corrected chi connectivity index (χ2v) is 7.60. The Hall–Kier alpha value is -3.86. The van der Waals surface area contributed by atoms with Crippen molar-refractivity contribution in [2.45, 2.75) is 26.7 Å². The third-order valence-electron chi connectivity index (χ3n) is 5.45. The van der Waals surface area contributed by atoms with Crippen LogP contribution in [0.3, 0.4) is 0 Å². The molecule has 4 rings (SSSR count). The molecule has 0 aromatic heterocycles. The molecular formula is C27H24O5. The molecule has 0 saturated carbocycles. The molecule has 0 amide bonds. The minimum absolute atomic E-state index is 0.124. The Labute approximate surface area is 187 Å². The first-order chi connectivity index (χ1) is 15.5. The number of rotatable bonds is 6. The molecule has 0 saturated heterocycles. The zero-order valence-electron chi connectivity index (χ0n) is 18.3. The largest absolute Gasteiger partial charge is 0.497 e. The van der Waals surface area contributed by atoms with E-state index >= 15 is 0 Å². The van der Waals surface area contributed by atoms with Gasteiger partial charge in [-0.1, -0.05) is 43.3 Å². The zero-order chi connectivity index (χ0) is 22.7. The number of Topliss-reactive ketones (excluding diaryl/α,β-unsaturated/α-hetero) is 1. The van der Waals surface area contributed by atoms with E-state index in [1.165, 1.54) is 5.56 Å². The van der Waals surface area contributed by atoms with Crippen LogP contribution in [-0.2, 0) is 17.6 Å². The number of ketones is 1. The molecule has 5 nitrogen and oxygen atoms in total. The SMILES string of the molecule is CCc1ccc(/C=C2\Oc3c(ccc(OC(=O)Cc4ccc(OC)cc4)c3C)C2=O)cc1. The van der Waals surface area contributed by atoms with E-state index in [0.29, 0.717) is 22.6 Å². The number of methoxy groups -OCH3 is 1. The molecule has 3 aromatic rings. The van der Waals surface area contributed by atoms with Crippen molar-refractivity contribution in [3.63, 3.8) is 0 Å². The van der Waals surface area contributed by atoms with Gasteiger partial charge in [0, 0.05) is 5.56 Å². The molecule has 32 heavy (non-hydrogen) atoms. The van der Waals surface area contributed by atoms with E-state index in [9.17, 15) is 9.59 Å². The fraction of sp³-hybridized carbons (Fsp3) is 0.185. The fourth-order valence-electron chi connectivity index (χ4n) is 3.55. The smallest absolute Gasteiger partial charge is 0.315 e. The Kier molecular flexibility index (Phi) is 6.08. The van der Waals surface area contributed by atoms with E-state index in [-0.39, 0.29) is 18.0 Å². The van der Waals surface area contributed by atoms with Crippen LogP contribution in [0.4, 0.5) is 0 Å². The van der Waals surface area contributed by atoms with Crippen molar-refractivity contribution in [1.29, 1.82) is 0 Å². The van der Waals surface area contributed by atoms with E-state index in [1.807, 2.05) is 36.4 Å². The first kappa shape index (κ1) is 21.4. The minimum Gasteiger partial charge on any atom is -0.497 e. The van der Waals surface area contributed by atoms with Gasteiger partial charge >= 0.3 is 5.97 Å². The number of carbonyl (C=O) groups excluding carboxylic acids is 2. The van der Waals surface area contributed by atoms with E-state index in [2.05, 4.69) is 6.92 Å². The van der Waals surface area contributed by atoms with Gasteiger partial charge in [0.25, 0.3) is 0 Å². The van der Waals surface area contributed by atoms with Gasteiger partial charge in [0.2, 0.25) is 5.78 Å². The van der Waals surface area contributed by atoms with Crippen molar-refractivity contribution < 1.29 is 23.8 Å². The van der Waals surface area contributed by atoms with Gasteiger partial charge in [-0.15, -0.1) is 0 Å². The number of esters is 1. The van der Waals surface area contributed by atoms with E-state index in [4.69, 9.17) is 14.2 Å². The molecule has 5 heteroatoms. The normalized spacial score (nSPS) is 13.6. The molecule has 162 valence electrons. The average molecular weight is 428 g/mol. The Balaban J connectivity index is 1.50. The summed E-state index contributed by atoms with van der Waals surface area (Å²) in [5.74, 6) is 1.22. The van der Waals surface area contributed by atoms with Crippen LogP contribution < -0.4 is 14.2 Å². The molecule has 1 aliphatic rings. The molecule has 3 aromatic carbocycles. The van der Waals surface area contributed by atoms with Crippen LogP contribution in [0.1, 0.15) is 39.5 Å². The summed E-state index contributed by atoms with van der Waals surface area (Å²) in [4.78, 5) is 25.2. The molecule has 1 aliphatic heterocycles. The number of benzene rings is 3. The van der Waals surface area contributed by atoms with Gasteiger partial charge in [0.15, 0.2) is 5.76 Å². The molecule has 0 N–H and O–H groups in total. The third kappa shape index (κ3) is 4.42. The Morgan fingerprint density at radius 1 is 0.969 bits per heavy atom. The highest BCUT2D eigenvalue weighted by atomic mass is 16.5. The van der Waals surface area contributed by atoms with Gasteiger partial charge in [0.1, 0.15) is 17.2 Å². The second-order valence-electron chi connectivity index (χ2n) is 7.60. The summed E-state index contributed by atoms with van der Waals surface area (Å²) < 4.78 is 16.6. The lowest BCUT2D eigenvalue weighted by Gasteiger charge is -2.10. The summed E-state index contributed by atoms with van der Waals surface area (Å²) in [5.41, 5.74) is 4.02. The molecule has 0 aliphatic carbocycles. The maximum atomic E-state index is 12.8. The van der Waals surface area contributed by atoms with Crippen LogP contribution in [0.2, 0.25) is 0 Å². The van der Waals surface area contributed by atoms with Crippen molar-refractivity contribution in [3.05, 3.63) is 94.2 Å². The summed E-state index contributed by atoms with van der Waals surface area (Å²) in [7, 11) is 1.59. The van der Waals surface area contributed by atoms with Gasteiger partial charge in [-0.05, 0) is 60.4 Å². The molecule has 0 atom stereocenters. The molecule has 0 bridgehead atoms. The van der Waals surface area contributed by atoms with Gasteiger partial charge in [-0.25, -0.2) is 0 Å². The van der Waals surface area contributed by atoms with Crippen LogP contribution in [0.5, 0.6) is 17.2 Å². The van der Waals surface area contributed by atoms with Crippen molar-refractivity contribution in [2.75, 3.05) is 7.11 Å². The standard InChI is InChI=1S/C27H24O5/c1-4-18-5-7-19(8-6-18)15-24-26(29)22-13-14-23(17(2)27(22)32-24)31-25(28)16-20-9-11-21(30-3)12-10-20/h5-15H,4,16H2,1-3H3/b24-15-. The summed E-state index contributed by atoms with van der Waals surface area (Å²) in [6.45, 7) is 3.87. The van der Waals surface area contributed by atoms with Crippen molar-refractivity contribution >= 4 is 17.8 Å². The van der Waals surface area contributed by atoms with Gasteiger partial charge in [0.05, 0.1) is 19.1 Å². The highest BCUT2D eigenvalue weighted by molar-refractivity contribution is 6.15. The van der Waals surface area contributed by atoms with E-state index in [0.717, 1.165) is 23.3 Å². The first-order valence-corrected chi connectivity index (χ1v) is 10.5. The molecule has 0 unspecified atom stereocenters. The van der Waals surface area contributed by atoms with Gasteiger partial charge in [-0.2, -0.15) is 0 Å². The van der Waals surface area contributed by atoms with Crippen LogP contribution in [0.15, 0.2) is 66.4 Å². The van der Waals surface area contributed by atoms with Crippen LogP contribution >= 0.6 is 0 Å². The Morgan fingerprint density at radius 2 is 1.66 bits per heavy atom. The maximum absolute atomic E-state index is 12.8. The van der Waals surface area contributed by atoms with Crippen molar-refractivity contribution in [1.82, 2.24) is 0 Å². The number of hydrogen-bond donors (Lipinski definition) is 0. The Morgan fingerprint density at radius 3 is 2.31 bits per heavy atom. The zero-order valence-corrected chi connectivity index (χ0v) is 18.3. The maximum Gasteiger partial charge on any atom is 0.315 e. The fourth-order valence-corrected chi connectivity index (χ4v) is 3.55. The highest BCUT2D eigenvalue weighted by Crippen LogP contribution is 2.39. The minimum atomic E-state index is -0.394. The summed E-state index contributed by atoms with van der Waals surface area (Å²) in [5, 5.41) is 0. The summed E-state index contributed by atoms with van der Waals surface area (Å²) in [6, 6.07) is 18.5. The number of ether oxygens (including phenoxy) is 3. The lowest BCUT2D eigenvalue weighted by molar-refractivity contribution is -0.133. The number of fused-ring (bicyclic) bond motifs is 1. The Bertz CT molecular complexity index is 1190. The topological polar surface area (TPSA) is 61.8 Å². The summed E-state index contributed by atoms with van der Waals surface area (Å²) >= 11 is 0. The molecule has 0 spiro atoms. The lowest BCUT2D eigenvalue weighted by Crippen LogP contribution is -2.12. The molecule has 1 heterocycles. The second kappa shape index (κ2) is 9.10. The quantitative estimate of drug-likeness (QED) is 0.302. The summed E-state index contributed by atoms with van der Waals surface area (Å²) in [6.07, 6.45) is 2.81. The number of carbonyl (C=O) groups is 2. The number of aryl methyl sites for hydroxylation is 1. The molecular weight excluding hydrogens is 404 g/mol. The van der Waals surface area contributed by atoms with Crippen LogP contribution in [0, 0.1) is 6.92 Å². The molecule has 0 fully saturated rings. The highest BCUT2D eigenvalue weighted by Gasteiger charge is 2.30. The lowest BCUT2D eigenvalue weighted by atomic mass is 10.0. The third-order valence-corrected chi connectivity index (χ3v) is 5.45. The van der Waals surface area contributed by atoms with Gasteiger partial charge < -0.3 is 14.2 Å². The number of hydrogen-bond acceptors (Lipinski definition) is 5. The van der Waals surface area contributed by atoms with Crippen molar-refractivity contribution in [3.8, 4) is 17.2 Å². The van der Waals surface area contributed by atoms with E-state index < -0.39 is 5.97 Å². The molecule has 0 radical (unpaired) electrons. The predicted octanol–water partition coefficient (Wildman–Crippen LogP) is 5.33. The monoisotopic (exact) mass is 428 g/mol. The predicted molar refractivity (Wildman–Crippen MR) is 122 cm³/mol. The first-order valence-electron chi connectivity index (χ1n) is 10.5. The average Bonchev–Trinajstić information content (AvgIpc) is 3.12.